The van der Waals surface area contributed by atoms with Gasteiger partial charge in [0.2, 0.25) is 0 Å². The SMILES string of the molecule is C=NN(CC)c1cccc(C2=CCc3ncnc(C)c32)c1. The highest BCUT2D eigenvalue weighted by atomic mass is 15.4. The second kappa shape index (κ2) is 5.48. The van der Waals surface area contributed by atoms with Gasteiger partial charge in [-0.15, -0.1) is 0 Å². The largest absolute Gasteiger partial charge is 0.266 e. The minimum Gasteiger partial charge on any atom is -0.266 e. The Hall–Kier alpha value is -2.49. The van der Waals surface area contributed by atoms with Gasteiger partial charge in [-0.1, -0.05) is 18.2 Å². The molecule has 3 rings (SSSR count). The summed E-state index contributed by atoms with van der Waals surface area (Å²) in [5, 5.41) is 5.93. The van der Waals surface area contributed by atoms with Crippen molar-refractivity contribution in [1.29, 1.82) is 0 Å². The van der Waals surface area contributed by atoms with Crippen molar-refractivity contribution >= 4 is 18.0 Å². The summed E-state index contributed by atoms with van der Waals surface area (Å²) in [4.78, 5) is 8.71. The van der Waals surface area contributed by atoms with E-state index in [0.29, 0.717) is 0 Å². The highest BCUT2D eigenvalue weighted by Gasteiger charge is 2.20. The summed E-state index contributed by atoms with van der Waals surface area (Å²) >= 11 is 0. The summed E-state index contributed by atoms with van der Waals surface area (Å²) in [5.74, 6) is 0. The molecule has 0 unspecified atom stereocenters. The van der Waals surface area contributed by atoms with E-state index >= 15 is 0 Å². The number of aromatic nitrogens is 2. The van der Waals surface area contributed by atoms with Crippen LogP contribution in [-0.2, 0) is 6.42 Å². The predicted octanol–water partition coefficient (Wildman–Crippen LogP) is 3.21. The van der Waals surface area contributed by atoms with Crippen molar-refractivity contribution in [1.82, 2.24) is 9.97 Å². The van der Waals surface area contributed by atoms with Crippen LogP contribution >= 0.6 is 0 Å². The van der Waals surface area contributed by atoms with Crippen LogP contribution in [0.1, 0.15) is 29.4 Å². The number of nitrogens with zero attached hydrogens (tertiary/aromatic N) is 4. The van der Waals surface area contributed by atoms with Crippen LogP contribution in [0.15, 0.2) is 41.8 Å². The Morgan fingerprint density at radius 1 is 1.33 bits per heavy atom. The van der Waals surface area contributed by atoms with Gasteiger partial charge in [0, 0.05) is 30.9 Å². The Labute approximate surface area is 124 Å². The zero-order valence-electron chi connectivity index (χ0n) is 12.4. The van der Waals surface area contributed by atoms with Gasteiger partial charge in [-0.05, 0) is 37.1 Å². The molecule has 106 valence electrons. The first-order chi connectivity index (χ1) is 10.2. The Balaban J connectivity index is 2.04. The predicted molar refractivity (Wildman–Crippen MR) is 86.6 cm³/mol. The number of fused-ring (bicyclic) bond motifs is 1. The van der Waals surface area contributed by atoms with Crippen LogP contribution in [0.25, 0.3) is 5.57 Å². The number of allylic oxidation sites excluding steroid dienone is 1. The lowest BCUT2D eigenvalue weighted by Crippen LogP contribution is -2.14. The maximum atomic E-state index is 4.38. The van der Waals surface area contributed by atoms with Gasteiger partial charge in [0.1, 0.15) is 6.33 Å². The quantitative estimate of drug-likeness (QED) is 0.637. The summed E-state index contributed by atoms with van der Waals surface area (Å²) in [5.41, 5.74) is 6.75. The van der Waals surface area contributed by atoms with Crippen molar-refractivity contribution in [2.75, 3.05) is 11.6 Å². The van der Waals surface area contributed by atoms with Crippen molar-refractivity contribution < 1.29 is 0 Å². The second-order valence-electron chi connectivity index (χ2n) is 5.01. The first kappa shape index (κ1) is 13.5. The topological polar surface area (TPSA) is 41.4 Å². The molecule has 1 aliphatic carbocycles. The lowest BCUT2D eigenvalue weighted by Gasteiger charge is -2.17. The van der Waals surface area contributed by atoms with Gasteiger partial charge in [0.25, 0.3) is 0 Å². The van der Waals surface area contributed by atoms with E-state index in [0.717, 1.165) is 30.0 Å². The number of hydrazone groups is 1. The van der Waals surface area contributed by atoms with Crippen molar-refractivity contribution in [3.05, 3.63) is 59.2 Å². The highest BCUT2D eigenvalue weighted by Crippen LogP contribution is 2.34. The average Bonchev–Trinajstić information content (AvgIpc) is 2.94. The molecular formula is C17H18N4. The number of rotatable bonds is 4. The van der Waals surface area contributed by atoms with Crippen LogP contribution in [0.5, 0.6) is 0 Å². The van der Waals surface area contributed by atoms with E-state index < -0.39 is 0 Å². The maximum absolute atomic E-state index is 4.38. The molecular weight excluding hydrogens is 260 g/mol. The number of benzene rings is 1. The standard InChI is InChI=1S/C17H18N4/c1-4-21(18-3)14-7-5-6-13(10-14)15-8-9-16-17(15)12(2)19-11-20-16/h5-8,10-11H,3-4,9H2,1-2H3. The van der Waals surface area contributed by atoms with Crippen LogP contribution in [0.3, 0.4) is 0 Å². The molecule has 21 heavy (non-hydrogen) atoms. The zero-order valence-corrected chi connectivity index (χ0v) is 12.4. The molecule has 0 fully saturated rings. The van der Waals surface area contributed by atoms with Gasteiger partial charge in [-0.2, -0.15) is 5.10 Å². The number of anilines is 1. The van der Waals surface area contributed by atoms with Gasteiger partial charge in [-0.25, -0.2) is 9.97 Å². The summed E-state index contributed by atoms with van der Waals surface area (Å²) in [6.07, 6.45) is 4.74. The van der Waals surface area contributed by atoms with E-state index in [2.05, 4.69) is 53.0 Å². The van der Waals surface area contributed by atoms with Crippen molar-refractivity contribution in [2.24, 2.45) is 5.10 Å². The molecule has 0 radical (unpaired) electrons. The third kappa shape index (κ3) is 2.33. The lowest BCUT2D eigenvalue weighted by molar-refractivity contribution is 0.900. The van der Waals surface area contributed by atoms with E-state index in [-0.39, 0.29) is 0 Å². The van der Waals surface area contributed by atoms with Crippen LogP contribution in [-0.4, -0.2) is 23.2 Å². The first-order valence-corrected chi connectivity index (χ1v) is 7.10. The van der Waals surface area contributed by atoms with E-state index in [1.165, 1.54) is 16.7 Å². The van der Waals surface area contributed by atoms with Gasteiger partial charge in [0.15, 0.2) is 0 Å². The molecule has 0 bridgehead atoms. The van der Waals surface area contributed by atoms with E-state index in [9.17, 15) is 0 Å². The van der Waals surface area contributed by atoms with E-state index in [1.54, 1.807) is 6.33 Å². The molecule has 1 aliphatic rings. The van der Waals surface area contributed by atoms with E-state index in [4.69, 9.17) is 0 Å². The molecule has 0 amide bonds. The van der Waals surface area contributed by atoms with Crippen molar-refractivity contribution in [3.8, 4) is 0 Å². The first-order valence-electron chi connectivity index (χ1n) is 7.10. The van der Waals surface area contributed by atoms with Crippen molar-refractivity contribution in [2.45, 2.75) is 20.3 Å². The average molecular weight is 278 g/mol. The molecule has 0 saturated carbocycles. The molecule has 0 N–H and O–H groups in total. The molecule has 1 aromatic carbocycles. The molecule has 1 heterocycles. The number of aryl methyl sites for hydroxylation is 1. The molecule has 1 aromatic heterocycles. The summed E-state index contributed by atoms with van der Waals surface area (Å²) in [6, 6.07) is 8.36. The van der Waals surface area contributed by atoms with E-state index in [1.807, 2.05) is 18.0 Å². The smallest absolute Gasteiger partial charge is 0.115 e. The summed E-state index contributed by atoms with van der Waals surface area (Å²) in [7, 11) is 0. The summed E-state index contributed by atoms with van der Waals surface area (Å²) in [6.45, 7) is 8.52. The third-order valence-electron chi connectivity index (χ3n) is 3.81. The fourth-order valence-electron chi connectivity index (χ4n) is 2.79. The van der Waals surface area contributed by atoms with Gasteiger partial charge >= 0.3 is 0 Å². The third-order valence-corrected chi connectivity index (χ3v) is 3.81. The number of hydrogen-bond acceptors (Lipinski definition) is 4. The second-order valence-corrected chi connectivity index (χ2v) is 5.01. The monoisotopic (exact) mass is 278 g/mol. The van der Waals surface area contributed by atoms with Crippen LogP contribution in [0.4, 0.5) is 5.69 Å². The van der Waals surface area contributed by atoms with Crippen LogP contribution < -0.4 is 5.01 Å². The molecule has 4 nitrogen and oxygen atoms in total. The molecule has 2 aromatic rings. The molecule has 0 spiro atoms. The van der Waals surface area contributed by atoms with Crippen LogP contribution in [0, 0.1) is 6.92 Å². The van der Waals surface area contributed by atoms with Gasteiger partial charge in [0.05, 0.1) is 11.4 Å². The zero-order chi connectivity index (χ0) is 14.8. The Morgan fingerprint density at radius 2 is 2.19 bits per heavy atom. The van der Waals surface area contributed by atoms with Gasteiger partial charge in [-0.3, -0.25) is 5.01 Å². The number of hydrogen-bond donors (Lipinski definition) is 0. The lowest BCUT2D eigenvalue weighted by atomic mass is 9.99. The minimum absolute atomic E-state index is 0.796. The Kier molecular flexibility index (Phi) is 3.52. The summed E-state index contributed by atoms with van der Waals surface area (Å²) < 4.78 is 0. The molecule has 0 aliphatic heterocycles. The fourth-order valence-corrected chi connectivity index (χ4v) is 2.79. The van der Waals surface area contributed by atoms with Gasteiger partial charge < -0.3 is 0 Å². The molecule has 0 saturated heterocycles. The molecule has 4 heteroatoms. The minimum atomic E-state index is 0.796. The van der Waals surface area contributed by atoms with Crippen LogP contribution in [0.2, 0.25) is 0 Å². The Bertz CT molecular complexity index is 718. The fraction of sp³-hybridized carbons (Fsp3) is 0.235. The van der Waals surface area contributed by atoms with Crippen molar-refractivity contribution in [3.63, 3.8) is 0 Å². The normalized spacial score (nSPS) is 12.8. The molecule has 0 atom stereocenters. The maximum Gasteiger partial charge on any atom is 0.115 e. The Morgan fingerprint density at radius 3 is 2.95 bits per heavy atom. The highest BCUT2D eigenvalue weighted by molar-refractivity contribution is 5.85.